The molecule has 8 nitrogen and oxygen atoms in total. The maximum Gasteiger partial charge on any atom is 0.343 e. The van der Waals surface area contributed by atoms with Crippen molar-refractivity contribution < 1.29 is 28.9 Å². The highest BCUT2D eigenvalue weighted by atomic mass is 79.9. The third kappa shape index (κ3) is 5.55. The Morgan fingerprint density at radius 1 is 1.12 bits per heavy atom. The first kappa shape index (κ1) is 23.1. The number of phenolic OH excluding ortho intramolecular Hbond substituents is 1. The van der Waals surface area contributed by atoms with Crippen molar-refractivity contribution in [1.29, 1.82) is 0 Å². The lowest BCUT2D eigenvalue weighted by Gasteiger charge is -2.13. The van der Waals surface area contributed by atoms with Crippen LogP contribution in [0.3, 0.4) is 0 Å². The van der Waals surface area contributed by atoms with Crippen LogP contribution in [0.4, 0.5) is 0 Å². The third-order valence-corrected chi connectivity index (χ3v) is 4.97. The van der Waals surface area contributed by atoms with Crippen molar-refractivity contribution in [3.05, 3.63) is 64.1 Å². The average Bonchev–Trinajstić information content (AvgIpc) is 2.78. The van der Waals surface area contributed by atoms with Crippen molar-refractivity contribution in [2.45, 2.75) is 6.92 Å². The predicted molar refractivity (Wildman–Crippen MR) is 123 cm³/mol. The molecule has 3 aromatic carbocycles. The van der Waals surface area contributed by atoms with E-state index < -0.39 is 11.9 Å². The number of esters is 1. The largest absolute Gasteiger partial charge is 0.507 e. The predicted octanol–water partition coefficient (Wildman–Crippen LogP) is 4.02. The van der Waals surface area contributed by atoms with E-state index in [2.05, 4.69) is 31.2 Å². The van der Waals surface area contributed by atoms with Gasteiger partial charge in [-0.05, 0) is 63.5 Å². The molecular weight excluding hydrogens is 480 g/mol. The molecule has 0 radical (unpaired) electrons. The van der Waals surface area contributed by atoms with Gasteiger partial charge in [-0.3, -0.25) is 4.79 Å². The van der Waals surface area contributed by atoms with E-state index in [1.807, 2.05) is 31.2 Å². The molecule has 1 amide bonds. The molecule has 9 heteroatoms. The second-order valence-electron chi connectivity index (χ2n) is 6.54. The van der Waals surface area contributed by atoms with Crippen LogP contribution in [0.25, 0.3) is 10.8 Å². The number of hydrazone groups is 1. The number of phenols is 1. The van der Waals surface area contributed by atoms with Gasteiger partial charge < -0.3 is 19.3 Å². The molecule has 0 heterocycles. The van der Waals surface area contributed by atoms with Crippen LogP contribution in [-0.2, 0) is 9.53 Å². The summed E-state index contributed by atoms with van der Waals surface area (Å²) in [5, 5.41) is 15.8. The summed E-state index contributed by atoms with van der Waals surface area (Å²) in [7, 11) is 1.27. The number of amides is 1. The minimum atomic E-state index is -0.549. The lowest BCUT2D eigenvalue weighted by molar-refractivity contribution is -0.142. The van der Waals surface area contributed by atoms with Crippen LogP contribution in [0.2, 0.25) is 0 Å². The molecule has 32 heavy (non-hydrogen) atoms. The van der Waals surface area contributed by atoms with Crippen LogP contribution in [0.15, 0.2) is 58.1 Å². The fourth-order valence-corrected chi connectivity index (χ4v) is 3.47. The van der Waals surface area contributed by atoms with Crippen LogP contribution < -0.4 is 14.9 Å². The standard InChI is InChI=1S/C23H21BrN2O6/c1-3-31-20-9-14(8-18(24)22(20)32-13-21(28)30-2)12-25-26-23(29)17-10-15-6-4-5-7-16(15)11-19(17)27/h4-12,27H,3,13H2,1-2H3,(H,26,29). The molecule has 2 N–H and O–H groups in total. The molecule has 0 aromatic heterocycles. The molecule has 0 aliphatic rings. The number of halogens is 1. The molecule has 166 valence electrons. The van der Waals surface area contributed by atoms with Gasteiger partial charge in [-0.15, -0.1) is 0 Å². The number of hydrogen-bond donors (Lipinski definition) is 2. The Kier molecular flexibility index (Phi) is 7.67. The number of benzene rings is 3. The van der Waals surface area contributed by atoms with Crippen molar-refractivity contribution in [3.63, 3.8) is 0 Å². The number of rotatable bonds is 8. The Bertz CT molecular complexity index is 1180. The normalized spacial score (nSPS) is 10.8. The van der Waals surface area contributed by atoms with Crippen molar-refractivity contribution in [3.8, 4) is 17.2 Å². The van der Waals surface area contributed by atoms with Crippen molar-refractivity contribution in [2.75, 3.05) is 20.3 Å². The highest BCUT2D eigenvalue weighted by Gasteiger charge is 2.15. The molecule has 0 saturated heterocycles. The maximum atomic E-state index is 12.5. The maximum absolute atomic E-state index is 12.5. The highest BCUT2D eigenvalue weighted by molar-refractivity contribution is 9.10. The zero-order valence-corrected chi connectivity index (χ0v) is 19.0. The van der Waals surface area contributed by atoms with E-state index in [-0.39, 0.29) is 17.9 Å². The molecule has 0 aliphatic heterocycles. The number of ether oxygens (including phenoxy) is 3. The van der Waals surface area contributed by atoms with E-state index in [4.69, 9.17) is 9.47 Å². The van der Waals surface area contributed by atoms with Gasteiger partial charge in [-0.25, -0.2) is 10.2 Å². The summed E-state index contributed by atoms with van der Waals surface area (Å²) in [4.78, 5) is 23.9. The Balaban J connectivity index is 1.76. The van der Waals surface area contributed by atoms with Gasteiger partial charge in [-0.1, -0.05) is 24.3 Å². The highest BCUT2D eigenvalue weighted by Crippen LogP contribution is 2.36. The first-order valence-corrected chi connectivity index (χ1v) is 10.4. The zero-order valence-electron chi connectivity index (χ0n) is 17.4. The van der Waals surface area contributed by atoms with Crippen LogP contribution >= 0.6 is 15.9 Å². The van der Waals surface area contributed by atoms with E-state index in [1.54, 1.807) is 18.2 Å². The molecule has 0 spiro atoms. The van der Waals surface area contributed by atoms with Crippen molar-refractivity contribution in [2.24, 2.45) is 5.10 Å². The van der Waals surface area contributed by atoms with Crippen LogP contribution in [0.1, 0.15) is 22.8 Å². The van der Waals surface area contributed by atoms with Crippen LogP contribution in [0.5, 0.6) is 17.2 Å². The minimum absolute atomic E-state index is 0.114. The smallest absolute Gasteiger partial charge is 0.343 e. The summed E-state index contributed by atoms with van der Waals surface area (Å²) in [5.74, 6) is -0.466. The number of methoxy groups -OCH3 is 1. The van der Waals surface area contributed by atoms with Crippen molar-refractivity contribution >= 4 is 44.8 Å². The summed E-state index contributed by atoms with van der Waals surface area (Å²) in [6, 6.07) is 13.9. The van der Waals surface area contributed by atoms with E-state index in [0.29, 0.717) is 28.1 Å². The Morgan fingerprint density at radius 3 is 2.53 bits per heavy atom. The number of nitrogens with zero attached hydrogens (tertiary/aromatic N) is 1. The van der Waals surface area contributed by atoms with Gasteiger partial charge in [0.05, 0.1) is 30.0 Å². The van der Waals surface area contributed by atoms with Gasteiger partial charge in [0.2, 0.25) is 0 Å². The Hall–Kier alpha value is -3.59. The van der Waals surface area contributed by atoms with Crippen LogP contribution in [0, 0.1) is 0 Å². The zero-order chi connectivity index (χ0) is 23.1. The quantitative estimate of drug-likeness (QED) is 0.274. The van der Waals surface area contributed by atoms with Gasteiger partial charge >= 0.3 is 5.97 Å². The summed E-state index contributed by atoms with van der Waals surface area (Å²) in [6.45, 7) is 1.92. The molecule has 0 unspecified atom stereocenters. The van der Waals surface area contributed by atoms with Gasteiger partial charge in [0.15, 0.2) is 18.1 Å². The number of hydrogen-bond acceptors (Lipinski definition) is 7. The fourth-order valence-electron chi connectivity index (χ4n) is 2.89. The van der Waals surface area contributed by atoms with E-state index in [1.165, 1.54) is 19.4 Å². The minimum Gasteiger partial charge on any atom is -0.507 e. The first-order chi connectivity index (χ1) is 15.4. The number of fused-ring (bicyclic) bond motifs is 1. The van der Waals surface area contributed by atoms with Gasteiger partial charge in [0, 0.05) is 0 Å². The lowest BCUT2D eigenvalue weighted by Crippen LogP contribution is -2.17. The van der Waals surface area contributed by atoms with Crippen LogP contribution in [-0.4, -0.2) is 43.5 Å². The SMILES string of the molecule is CCOc1cc(C=NNC(=O)c2cc3ccccc3cc2O)cc(Br)c1OCC(=O)OC. The molecule has 0 bridgehead atoms. The molecule has 0 fully saturated rings. The second-order valence-corrected chi connectivity index (χ2v) is 7.40. The number of carbonyl (C=O) groups is 2. The Morgan fingerprint density at radius 2 is 1.84 bits per heavy atom. The van der Waals surface area contributed by atoms with E-state index in [9.17, 15) is 14.7 Å². The molecule has 3 rings (SSSR count). The van der Waals surface area contributed by atoms with Gasteiger partial charge in [-0.2, -0.15) is 5.10 Å². The molecular formula is C23H21BrN2O6. The molecule has 0 atom stereocenters. The number of nitrogens with one attached hydrogen (secondary N) is 1. The number of carbonyl (C=O) groups excluding carboxylic acids is 2. The molecule has 0 saturated carbocycles. The third-order valence-electron chi connectivity index (χ3n) is 4.38. The summed E-state index contributed by atoms with van der Waals surface area (Å²) >= 11 is 3.39. The van der Waals surface area contributed by atoms with E-state index >= 15 is 0 Å². The summed E-state index contributed by atoms with van der Waals surface area (Å²) in [6.07, 6.45) is 1.42. The van der Waals surface area contributed by atoms with Gasteiger partial charge in [0.25, 0.3) is 5.91 Å². The number of aromatic hydroxyl groups is 1. The topological polar surface area (TPSA) is 106 Å². The monoisotopic (exact) mass is 500 g/mol. The van der Waals surface area contributed by atoms with Crippen molar-refractivity contribution in [1.82, 2.24) is 5.43 Å². The van der Waals surface area contributed by atoms with E-state index in [0.717, 1.165) is 10.8 Å². The van der Waals surface area contributed by atoms with Gasteiger partial charge in [0.1, 0.15) is 5.75 Å². The first-order valence-electron chi connectivity index (χ1n) is 9.64. The summed E-state index contributed by atoms with van der Waals surface area (Å²) < 4.78 is 16.2. The fraction of sp³-hybridized carbons (Fsp3) is 0.174. The Labute approximate surface area is 192 Å². The molecule has 3 aromatic rings. The second kappa shape index (κ2) is 10.6. The molecule has 0 aliphatic carbocycles. The average molecular weight is 501 g/mol. The lowest BCUT2D eigenvalue weighted by atomic mass is 10.1. The summed E-state index contributed by atoms with van der Waals surface area (Å²) in [5.41, 5.74) is 3.13.